The van der Waals surface area contributed by atoms with Gasteiger partial charge in [0.15, 0.2) is 0 Å². The largest absolute Gasteiger partial charge is 0.277 e. The molecule has 0 aliphatic heterocycles. The van der Waals surface area contributed by atoms with Crippen molar-refractivity contribution >= 4 is 11.4 Å². The molecule has 90 valence electrons. The van der Waals surface area contributed by atoms with Gasteiger partial charge in [0.05, 0.1) is 5.69 Å². The predicted octanol–water partition coefficient (Wildman–Crippen LogP) is 2.56. The number of aromatic nitrogens is 1. The number of rotatable bonds is 3. The van der Waals surface area contributed by atoms with E-state index in [-0.39, 0.29) is 5.71 Å². The molecule has 0 aliphatic rings. The lowest BCUT2D eigenvalue weighted by atomic mass is 10.1. The van der Waals surface area contributed by atoms with Gasteiger partial charge >= 0.3 is 0 Å². The maximum Gasteiger partial charge on any atom is 0.237 e. The summed E-state index contributed by atoms with van der Waals surface area (Å²) >= 11 is 0. The SMILES string of the molecule is N#CC(C#N)=NNc1ccc(-c2cccnc2)cc1. The van der Waals surface area contributed by atoms with E-state index < -0.39 is 0 Å². The summed E-state index contributed by atoms with van der Waals surface area (Å²) in [4.78, 5) is 4.06. The highest BCUT2D eigenvalue weighted by Crippen LogP contribution is 2.20. The molecular formula is C14H9N5. The minimum absolute atomic E-state index is 0.212. The zero-order valence-electron chi connectivity index (χ0n) is 9.91. The Hall–Kier alpha value is -3.18. The van der Waals surface area contributed by atoms with Gasteiger partial charge in [-0.05, 0) is 29.3 Å². The Balaban J connectivity index is 2.15. The van der Waals surface area contributed by atoms with Crippen LogP contribution in [0.1, 0.15) is 0 Å². The lowest BCUT2D eigenvalue weighted by Gasteiger charge is -2.03. The standard InChI is InChI=1S/C14H9N5/c15-8-14(9-16)19-18-13-5-3-11(4-6-13)12-2-1-7-17-10-12/h1-7,10,18H. The van der Waals surface area contributed by atoms with Crippen LogP contribution in [0.4, 0.5) is 5.69 Å². The van der Waals surface area contributed by atoms with E-state index in [0.717, 1.165) is 11.1 Å². The van der Waals surface area contributed by atoms with Crippen LogP contribution in [0, 0.1) is 22.7 Å². The topological polar surface area (TPSA) is 84.9 Å². The minimum atomic E-state index is -0.212. The van der Waals surface area contributed by atoms with E-state index in [9.17, 15) is 0 Å². The zero-order chi connectivity index (χ0) is 13.5. The molecule has 2 rings (SSSR count). The van der Waals surface area contributed by atoms with E-state index in [2.05, 4.69) is 15.5 Å². The van der Waals surface area contributed by atoms with Gasteiger partial charge in [-0.1, -0.05) is 18.2 Å². The summed E-state index contributed by atoms with van der Waals surface area (Å²) in [6.07, 6.45) is 3.50. The predicted molar refractivity (Wildman–Crippen MR) is 72.0 cm³/mol. The monoisotopic (exact) mass is 247 g/mol. The number of hydrazone groups is 1. The van der Waals surface area contributed by atoms with Crippen LogP contribution in [-0.4, -0.2) is 10.7 Å². The molecule has 0 aliphatic carbocycles. The molecule has 19 heavy (non-hydrogen) atoms. The third-order valence-electron chi connectivity index (χ3n) is 2.39. The number of nitrogens with zero attached hydrogens (tertiary/aromatic N) is 4. The highest BCUT2D eigenvalue weighted by Gasteiger charge is 1.98. The summed E-state index contributed by atoms with van der Waals surface area (Å²) in [6.45, 7) is 0. The summed E-state index contributed by atoms with van der Waals surface area (Å²) in [5, 5.41) is 20.8. The number of nitriles is 2. The number of anilines is 1. The molecule has 0 saturated carbocycles. The van der Waals surface area contributed by atoms with Crippen LogP contribution in [-0.2, 0) is 0 Å². The van der Waals surface area contributed by atoms with Gasteiger partial charge in [-0.2, -0.15) is 15.6 Å². The van der Waals surface area contributed by atoms with Crippen molar-refractivity contribution in [1.82, 2.24) is 4.98 Å². The van der Waals surface area contributed by atoms with Crippen LogP contribution in [0.5, 0.6) is 0 Å². The van der Waals surface area contributed by atoms with Crippen LogP contribution < -0.4 is 5.43 Å². The maximum absolute atomic E-state index is 8.55. The summed E-state index contributed by atoms with van der Waals surface area (Å²) in [7, 11) is 0. The molecule has 0 amide bonds. The molecule has 0 unspecified atom stereocenters. The Kier molecular flexibility index (Phi) is 3.84. The summed E-state index contributed by atoms with van der Waals surface area (Å²) in [5.74, 6) is 0. The Morgan fingerprint density at radius 3 is 2.37 bits per heavy atom. The fourth-order valence-electron chi connectivity index (χ4n) is 1.47. The third kappa shape index (κ3) is 3.15. The third-order valence-corrected chi connectivity index (χ3v) is 2.39. The van der Waals surface area contributed by atoms with E-state index in [4.69, 9.17) is 10.5 Å². The van der Waals surface area contributed by atoms with Crippen LogP contribution in [0.15, 0.2) is 53.9 Å². The van der Waals surface area contributed by atoms with Gasteiger partial charge in [-0.3, -0.25) is 10.4 Å². The summed E-state index contributed by atoms with van der Waals surface area (Å²) < 4.78 is 0. The number of benzene rings is 1. The number of pyridine rings is 1. The zero-order valence-corrected chi connectivity index (χ0v) is 9.91. The lowest BCUT2D eigenvalue weighted by Crippen LogP contribution is -1.96. The smallest absolute Gasteiger partial charge is 0.237 e. The van der Waals surface area contributed by atoms with Gasteiger partial charge in [0, 0.05) is 12.4 Å². The molecular weight excluding hydrogens is 238 g/mol. The number of nitrogens with one attached hydrogen (secondary N) is 1. The van der Waals surface area contributed by atoms with E-state index in [1.807, 2.05) is 36.4 Å². The molecule has 1 N–H and O–H groups in total. The van der Waals surface area contributed by atoms with Gasteiger partial charge in [-0.15, -0.1) is 0 Å². The van der Waals surface area contributed by atoms with Crippen molar-refractivity contribution in [2.75, 3.05) is 5.43 Å². The second-order valence-corrected chi connectivity index (χ2v) is 3.61. The number of hydrogen-bond acceptors (Lipinski definition) is 5. The van der Waals surface area contributed by atoms with Crippen LogP contribution in [0.3, 0.4) is 0 Å². The quantitative estimate of drug-likeness (QED) is 0.667. The van der Waals surface area contributed by atoms with Gasteiger partial charge in [0.2, 0.25) is 5.71 Å². The van der Waals surface area contributed by atoms with Crippen molar-refractivity contribution in [2.24, 2.45) is 5.10 Å². The second-order valence-electron chi connectivity index (χ2n) is 3.61. The van der Waals surface area contributed by atoms with Gasteiger partial charge in [0.25, 0.3) is 0 Å². The fourth-order valence-corrected chi connectivity index (χ4v) is 1.47. The molecule has 0 radical (unpaired) electrons. The van der Waals surface area contributed by atoms with Crippen molar-refractivity contribution in [3.63, 3.8) is 0 Å². The minimum Gasteiger partial charge on any atom is -0.277 e. The Morgan fingerprint density at radius 2 is 1.79 bits per heavy atom. The Morgan fingerprint density at radius 1 is 1.05 bits per heavy atom. The summed E-state index contributed by atoms with van der Waals surface area (Å²) in [6, 6.07) is 14.7. The fraction of sp³-hybridized carbons (Fsp3) is 0. The highest BCUT2D eigenvalue weighted by molar-refractivity contribution is 6.10. The first-order valence-corrected chi connectivity index (χ1v) is 5.48. The van der Waals surface area contributed by atoms with E-state index >= 15 is 0 Å². The van der Waals surface area contributed by atoms with Gasteiger partial charge in [-0.25, -0.2) is 0 Å². The molecule has 0 fully saturated rings. The Bertz CT molecular complexity index is 644. The van der Waals surface area contributed by atoms with Crippen LogP contribution in [0.25, 0.3) is 11.1 Å². The van der Waals surface area contributed by atoms with E-state index in [1.54, 1.807) is 24.5 Å². The van der Waals surface area contributed by atoms with Gasteiger partial charge in [0.1, 0.15) is 12.1 Å². The molecule has 1 aromatic heterocycles. The first kappa shape index (κ1) is 12.3. The van der Waals surface area contributed by atoms with E-state index in [0.29, 0.717) is 5.69 Å². The molecule has 0 spiro atoms. The number of hydrogen-bond donors (Lipinski definition) is 1. The normalized spacial score (nSPS) is 8.95. The first-order chi connectivity index (χ1) is 9.33. The highest BCUT2D eigenvalue weighted by atomic mass is 15.3. The van der Waals surface area contributed by atoms with Crippen molar-refractivity contribution in [1.29, 1.82) is 10.5 Å². The average molecular weight is 247 g/mol. The molecule has 5 heteroatoms. The summed E-state index contributed by atoms with van der Waals surface area (Å²) in [5.41, 5.74) is 5.20. The molecule has 1 aromatic carbocycles. The Labute approximate surface area is 110 Å². The molecule has 2 aromatic rings. The molecule has 1 heterocycles. The van der Waals surface area contributed by atoms with Crippen LogP contribution >= 0.6 is 0 Å². The average Bonchev–Trinajstić information content (AvgIpc) is 2.50. The maximum atomic E-state index is 8.55. The van der Waals surface area contributed by atoms with Gasteiger partial charge < -0.3 is 0 Å². The van der Waals surface area contributed by atoms with Crippen LogP contribution in [0.2, 0.25) is 0 Å². The molecule has 0 bridgehead atoms. The van der Waals surface area contributed by atoms with Crippen molar-refractivity contribution in [2.45, 2.75) is 0 Å². The van der Waals surface area contributed by atoms with Crippen molar-refractivity contribution < 1.29 is 0 Å². The van der Waals surface area contributed by atoms with E-state index in [1.165, 1.54) is 0 Å². The molecule has 5 nitrogen and oxygen atoms in total. The molecule has 0 saturated heterocycles. The second kappa shape index (κ2) is 5.95. The molecule has 0 atom stereocenters. The first-order valence-electron chi connectivity index (χ1n) is 5.48. The van der Waals surface area contributed by atoms with Crippen molar-refractivity contribution in [3.05, 3.63) is 48.8 Å². The van der Waals surface area contributed by atoms with Crippen molar-refractivity contribution in [3.8, 4) is 23.3 Å². The lowest BCUT2D eigenvalue weighted by molar-refractivity contribution is 1.32.